The Morgan fingerprint density at radius 2 is 2.04 bits per heavy atom. The number of nitrogens with zero attached hydrogens (tertiary/aromatic N) is 2. The Kier molecular flexibility index (Phi) is 6.48. The number of rotatable bonds is 9. The molecule has 0 spiro atoms. The average Bonchev–Trinajstić information content (AvgIpc) is 3.02. The molecular weight excluding hydrogens is 432 g/mol. The van der Waals surface area contributed by atoms with Crippen molar-refractivity contribution in [3.63, 3.8) is 0 Å². The van der Waals surface area contributed by atoms with Crippen LogP contribution in [0.15, 0.2) is 39.7 Å². The van der Waals surface area contributed by atoms with E-state index in [1.165, 1.54) is 6.33 Å². The molecule has 2 heterocycles. The summed E-state index contributed by atoms with van der Waals surface area (Å²) in [6.07, 6.45) is 1.00. The molecule has 0 amide bonds. The molecule has 0 aliphatic heterocycles. The zero-order valence-electron chi connectivity index (χ0n) is 15.3. The number of furan rings is 1. The lowest BCUT2D eigenvalue weighted by Gasteiger charge is -2.13. The SMILES string of the molecule is COc1ccc(-c2c(Br)oc3ncnc(OC[C@H](C)OCCC(=O)O)c23)cc1. The van der Waals surface area contributed by atoms with Crippen molar-refractivity contribution in [3.05, 3.63) is 35.3 Å². The van der Waals surface area contributed by atoms with Gasteiger partial charge >= 0.3 is 5.97 Å². The molecule has 1 aromatic carbocycles. The molecule has 148 valence electrons. The van der Waals surface area contributed by atoms with E-state index < -0.39 is 5.97 Å². The van der Waals surface area contributed by atoms with Crippen LogP contribution in [0.1, 0.15) is 13.3 Å². The molecule has 0 radical (unpaired) electrons. The number of hydrogen-bond acceptors (Lipinski definition) is 7. The molecule has 28 heavy (non-hydrogen) atoms. The lowest BCUT2D eigenvalue weighted by Crippen LogP contribution is -2.20. The summed E-state index contributed by atoms with van der Waals surface area (Å²) >= 11 is 3.44. The van der Waals surface area contributed by atoms with Crippen LogP contribution in [0.3, 0.4) is 0 Å². The summed E-state index contributed by atoms with van der Waals surface area (Å²) in [4.78, 5) is 19.0. The van der Waals surface area contributed by atoms with Gasteiger partial charge in [0.25, 0.3) is 0 Å². The molecule has 3 rings (SSSR count). The highest BCUT2D eigenvalue weighted by Crippen LogP contribution is 2.41. The predicted molar refractivity (Wildman–Crippen MR) is 105 cm³/mol. The smallest absolute Gasteiger partial charge is 0.305 e. The molecule has 0 aliphatic rings. The number of carboxylic acids is 1. The quantitative estimate of drug-likeness (QED) is 0.522. The van der Waals surface area contributed by atoms with Crippen molar-refractivity contribution in [1.29, 1.82) is 0 Å². The highest BCUT2D eigenvalue weighted by atomic mass is 79.9. The number of methoxy groups -OCH3 is 1. The lowest BCUT2D eigenvalue weighted by atomic mass is 10.1. The van der Waals surface area contributed by atoms with Gasteiger partial charge in [-0.3, -0.25) is 4.79 Å². The second kappa shape index (κ2) is 9.03. The summed E-state index contributed by atoms with van der Waals surface area (Å²) in [5.74, 6) is 0.199. The molecule has 0 saturated carbocycles. The van der Waals surface area contributed by atoms with Crippen molar-refractivity contribution < 1.29 is 28.5 Å². The van der Waals surface area contributed by atoms with E-state index >= 15 is 0 Å². The fourth-order valence-corrected chi connectivity index (χ4v) is 3.18. The Balaban J connectivity index is 1.84. The van der Waals surface area contributed by atoms with E-state index in [4.69, 9.17) is 23.7 Å². The van der Waals surface area contributed by atoms with Crippen molar-refractivity contribution in [2.45, 2.75) is 19.4 Å². The summed E-state index contributed by atoms with van der Waals surface area (Å²) in [6, 6.07) is 7.51. The number of benzene rings is 1. The number of fused-ring (bicyclic) bond motifs is 1. The van der Waals surface area contributed by atoms with Gasteiger partial charge in [-0.05, 0) is 40.5 Å². The summed E-state index contributed by atoms with van der Waals surface area (Å²) in [7, 11) is 1.61. The van der Waals surface area contributed by atoms with Crippen LogP contribution in [0, 0.1) is 0 Å². The third kappa shape index (κ3) is 4.60. The van der Waals surface area contributed by atoms with Crippen LogP contribution in [0.25, 0.3) is 22.2 Å². The second-order valence-electron chi connectivity index (χ2n) is 5.97. The average molecular weight is 451 g/mol. The number of hydrogen-bond donors (Lipinski definition) is 1. The number of aliphatic carboxylic acids is 1. The fraction of sp³-hybridized carbons (Fsp3) is 0.316. The van der Waals surface area contributed by atoms with Crippen molar-refractivity contribution in [3.8, 4) is 22.8 Å². The van der Waals surface area contributed by atoms with Crippen LogP contribution >= 0.6 is 15.9 Å². The standard InChI is InChI=1S/C19H19BrN2O6/c1-11(26-8-7-14(23)24)9-27-18-16-15(12-3-5-13(25-2)6-4-12)17(20)28-19(16)22-10-21-18/h3-6,10-11H,7-9H2,1-2H3,(H,23,24)/t11-/m0/s1. The van der Waals surface area contributed by atoms with Crippen molar-refractivity contribution >= 4 is 33.0 Å². The Hall–Kier alpha value is -2.65. The first kappa shape index (κ1) is 20.1. The van der Waals surface area contributed by atoms with Crippen LogP contribution in [0.2, 0.25) is 0 Å². The Bertz CT molecular complexity index is 957. The van der Waals surface area contributed by atoms with E-state index in [9.17, 15) is 4.79 Å². The van der Waals surface area contributed by atoms with Crippen LogP contribution in [-0.4, -0.2) is 47.5 Å². The van der Waals surface area contributed by atoms with Gasteiger partial charge in [-0.25, -0.2) is 9.97 Å². The van der Waals surface area contributed by atoms with E-state index in [0.29, 0.717) is 21.6 Å². The van der Waals surface area contributed by atoms with Crippen molar-refractivity contribution in [2.75, 3.05) is 20.3 Å². The van der Waals surface area contributed by atoms with Gasteiger partial charge in [0, 0.05) is 5.56 Å². The fourth-order valence-electron chi connectivity index (χ4n) is 2.60. The summed E-state index contributed by atoms with van der Waals surface area (Å²) in [5.41, 5.74) is 2.05. The molecule has 3 aromatic rings. The highest BCUT2D eigenvalue weighted by Gasteiger charge is 2.21. The number of halogens is 1. The van der Waals surface area contributed by atoms with Gasteiger partial charge in [0.05, 0.1) is 26.2 Å². The molecule has 2 aromatic heterocycles. The summed E-state index contributed by atoms with van der Waals surface area (Å²) in [5, 5.41) is 9.31. The third-order valence-electron chi connectivity index (χ3n) is 3.96. The minimum Gasteiger partial charge on any atom is -0.497 e. The summed E-state index contributed by atoms with van der Waals surface area (Å²) in [6.45, 7) is 2.12. The molecule has 0 aliphatic carbocycles. The third-order valence-corrected chi connectivity index (χ3v) is 4.52. The van der Waals surface area contributed by atoms with Gasteiger partial charge in [0.15, 0.2) is 4.67 Å². The summed E-state index contributed by atoms with van der Waals surface area (Å²) < 4.78 is 22.7. The maximum Gasteiger partial charge on any atom is 0.305 e. The topological polar surface area (TPSA) is 104 Å². The van der Waals surface area contributed by atoms with Gasteiger partial charge in [-0.1, -0.05) is 12.1 Å². The maximum atomic E-state index is 10.6. The van der Waals surface area contributed by atoms with Gasteiger partial charge in [-0.15, -0.1) is 0 Å². The molecule has 0 unspecified atom stereocenters. The second-order valence-corrected chi connectivity index (χ2v) is 6.69. The number of ether oxygens (including phenoxy) is 3. The largest absolute Gasteiger partial charge is 0.497 e. The first-order valence-corrected chi connectivity index (χ1v) is 9.32. The molecule has 8 nitrogen and oxygen atoms in total. The molecule has 0 fully saturated rings. The number of carbonyl (C=O) groups is 1. The van der Waals surface area contributed by atoms with E-state index in [0.717, 1.165) is 16.9 Å². The monoisotopic (exact) mass is 450 g/mol. The lowest BCUT2D eigenvalue weighted by molar-refractivity contribution is -0.138. The molecular formula is C19H19BrN2O6. The Morgan fingerprint density at radius 3 is 2.71 bits per heavy atom. The zero-order valence-corrected chi connectivity index (χ0v) is 16.9. The molecule has 9 heteroatoms. The van der Waals surface area contributed by atoms with E-state index in [1.807, 2.05) is 24.3 Å². The van der Waals surface area contributed by atoms with E-state index in [1.54, 1.807) is 14.0 Å². The van der Waals surface area contributed by atoms with Gasteiger partial charge in [0.2, 0.25) is 11.6 Å². The number of carboxylic acid groups (broad SMARTS) is 1. The highest BCUT2D eigenvalue weighted by molar-refractivity contribution is 9.10. The van der Waals surface area contributed by atoms with Gasteiger partial charge < -0.3 is 23.7 Å². The first-order valence-electron chi connectivity index (χ1n) is 8.53. The minimum absolute atomic E-state index is 0.0572. The van der Waals surface area contributed by atoms with Crippen molar-refractivity contribution in [2.24, 2.45) is 0 Å². The molecule has 1 atom stereocenters. The van der Waals surface area contributed by atoms with E-state index in [-0.39, 0.29) is 25.7 Å². The minimum atomic E-state index is -0.905. The van der Waals surface area contributed by atoms with E-state index in [2.05, 4.69) is 25.9 Å². The van der Waals surface area contributed by atoms with Crippen LogP contribution in [0.5, 0.6) is 11.6 Å². The zero-order chi connectivity index (χ0) is 20.1. The predicted octanol–water partition coefficient (Wildman–Crippen LogP) is 3.92. The van der Waals surface area contributed by atoms with Gasteiger partial charge in [-0.2, -0.15) is 0 Å². The molecule has 1 N–H and O–H groups in total. The molecule has 0 saturated heterocycles. The Morgan fingerprint density at radius 1 is 1.29 bits per heavy atom. The number of aromatic nitrogens is 2. The molecule has 0 bridgehead atoms. The van der Waals surface area contributed by atoms with Crippen molar-refractivity contribution in [1.82, 2.24) is 9.97 Å². The van der Waals surface area contributed by atoms with Crippen LogP contribution < -0.4 is 9.47 Å². The Labute approximate surface area is 169 Å². The van der Waals surface area contributed by atoms with Crippen LogP contribution in [0.4, 0.5) is 0 Å². The maximum absolute atomic E-state index is 10.6. The van der Waals surface area contributed by atoms with Crippen LogP contribution in [-0.2, 0) is 9.53 Å². The first-order chi connectivity index (χ1) is 13.5. The van der Waals surface area contributed by atoms with Gasteiger partial charge in [0.1, 0.15) is 24.1 Å². The normalized spacial score (nSPS) is 12.1.